The summed E-state index contributed by atoms with van der Waals surface area (Å²) >= 11 is 0. The molecule has 0 aliphatic carbocycles. The van der Waals surface area contributed by atoms with Gasteiger partial charge in [-0.25, -0.2) is 9.97 Å². The van der Waals surface area contributed by atoms with Crippen LogP contribution in [0.25, 0.3) is 11.4 Å². The minimum absolute atomic E-state index is 0.165. The molecular formula is C16H21N3O. The molecule has 1 unspecified atom stereocenters. The molecule has 0 spiro atoms. The van der Waals surface area contributed by atoms with E-state index in [-0.39, 0.29) is 6.04 Å². The first-order chi connectivity index (χ1) is 9.63. The number of hydrogen-bond donors (Lipinski definition) is 1. The van der Waals surface area contributed by atoms with Gasteiger partial charge in [0.15, 0.2) is 5.82 Å². The Morgan fingerprint density at radius 3 is 2.55 bits per heavy atom. The Labute approximate surface area is 120 Å². The summed E-state index contributed by atoms with van der Waals surface area (Å²) in [6.07, 6.45) is 5.45. The van der Waals surface area contributed by atoms with E-state index in [1.54, 1.807) is 7.11 Å². The molecule has 106 valence electrons. The maximum atomic E-state index is 5.94. The van der Waals surface area contributed by atoms with Gasteiger partial charge in [0.05, 0.1) is 12.7 Å². The van der Waals surface area contributed by atoms with E-state index < -0.39 is 0 Å². The highest BCUT2D eigenvalue weighted by Gasteiger charge is 2.09. The number of aromatic nitrogens is 2. The van der Waals surface area contributed by atoms with Crippen molar-refractivity contribution < 1.29 is 4.74 Å². The lowest BCUT2D eigenvalue weighted by molar-refractivity contribution is 0.416. The lowest BCUT2D eigenvalue weighted by Crippen LogP contribution is -2.21. The van der Waals surface area contributed by atoms with Gasteiger partial charge in [-0.1, -0.05) is 13.0 Å². The fourth-order valence-corrected chi connectivity index (χ4v) is 2.03. The number of nitrogens with zero attached hydrogens (tertiary/aromatic N) is 2. The predicted molar refractivity (Wildman–Crippen MR) is 80.7 cm³/mol. The van der Waals surface area contributed by atoms with Crippen LogP contribution in [0.3, 0.4) is 0 Å². The highest BCUT2D eigenvalue weighted by molar-refractivity contribution is 5.64. The van der Waals surface area contributed by atoms with E-state index >= 15 is 0 Å². The first-order valence-electron chi connectivity index (χ1n) is 6.85. The summed E-state index contributed by atoms with van der Waals surface area (Å²) in [4.78, 5) is 8.86. The second kappa shape index (κ2) is 6.48. The molecular weight excluding hydrogens is 250 g/mol. The van der Waals surface area contributed by atoms with Crippen LogP contribution in [0.4, 0.5) is 0 Å². The number of hydrogen-bond acceptors (Lipinski definition) is 4. The molecule has 20 heavy (non-hydrogen) atoms. The lowest BCUT2D eigenvalue weighted by atomic mass is 10.1. The molecule has 0 aliphatic heterocycles. The van der Waals surface area contributed by atoms with E-state index in [0.29, 0.717) is 5.82 Å². The Bertz CT molecular complexity index is 566. The molecule has 1 aromatic carbocycles. The van der Waals surface area contributed by atoms with Crippen LogP contribution in [-0.2, 0) is 6.42 Å². The van der Waals surface area contributed by atoms with Gasteiger partial charge in [-0.3, -0.25) is 0 Å². The molecule has 2 rings (SSSR count). The predicted octanol–water partition coefficient (Wildman–Crippen LogP) is 2.74. The number of ether oxygens (including phenoxy) is 1. The molecule has 1 heterocycles. The van der Waals surface area contributed by atoms with Crippen molar-refractivity contribution >= 4 is 0 Å². The average molecular weight is 271 g/mol. The van der Waals surface area contributed by atoms with Crippen LogP contribution in [0.1, 0.15) is 24.5 Å². The second-order valence-electron chi connectivity index (χ2n) is 4.99. The van der Waals surface area contributed by atoms with Gasteiger partial charge in [0, 0.05) is 18.4 Å². The summed E-state index contributed by atoms with van der Waals surface area (Å²) in [5.74, 6) is 1.47. The fourth-order valence-electron chi connectivity index (χ4n) is 2.03. The van der Waals surface area contributed by atoms with E-state index in [2.05, 4.69) is 16.9 Å². The van der Waals surface area contributed by atoms with Gasteiger partial charge < -0.3 is 10.5 Å². The maximum Gasteiger partial charge on any atom is 0.162 e. The van der Waals surface area contributed by atoms with Gasteiger partial charge in [0.25, 0.3) is 0 Å². The Morgan fingerprint density at radius 1 is 1.25 bits per heavy atom. The van der Waals surface area contributed by atoms with Crippen molar-refractivity contribution in [2.75, 3.05) is 7.11 Å². The van der Waals surface area contributed by atoms with Crippen molar-refractivity contribution in [3.8, 4) is 17.1 Å². The van der Waals surface area contributed by atoms with Crippen molar-refractivity contribution in [2.45, 2.75) is 32.7 Å². The van der Waals surface area contributed by atoms with Crippen LogP contribution >= 0.6 is 0 Å². The molecule has 4 nitrogen and oxygen atoms in total. The van der Waals surface area contributed by atoms with Crippen LogP contribution in [0, 0.1) is 6.92 Å². The number of rotatable bonds is 5. The topological polar surface area (TPSA) is 61.0 Å². The largest absolute Gasteiger partial charge is 0.496 e. The molecule has 2 aromatic rings. The van der Waals surface area contributed by atoms with Crippen LogP contribution in [-0.4, -0.2) is 23.1 Å². The third-order valence-corrected chi connectivity index (χ3v) is 3.33. The van der Waals surface area contributed by atoms with Crippen molar-refractivity contribution in [2.24, 2.45) is 5.73 Å². The maximum absolute atomic E-state index is 5.94. The monoisotopic (exact) mass is 271 g/mol. The van der Waals surface area contributed by atoms with Gasteiger partial charge in [0.1, 0.15) is 5.75 Å². The van der Waals surface area contributed by atoms with E-state index in [1.165, 1.54) is 0 Å². The summed E-state index contributed by atoms with van der Waals surface area (Å²) < 4.78 is 5.39. The normalized spacial score (nSPS) is 12.2. The summed E-state index contributed by atoms with van der Waals surface area (Å²) in [5, 5.41) is 0. The van der Waals surface area contributed by atoms with Crippen LogP contribution in [0.2, 0.25) is 0 Å². The highest BCUT2D eigenvalue weighted by Crippen LogP contribution is 2.28. The molecule has 4 heteroatoms. The average Bonchev–Trinajstić information content (AvgIpc) is 2.48. The summed E-state index contributed by atoms with van der Waals surface area (Å²) in [7, 11) is 1.66. The van der Waals surface area contributed by atoms with Gasteiger partial charge in [0.2, 0.25) is 0 Å². The quantitative estimate of drug-likeness (QED) is 0.908. The molecule has 1 aromatic heterocycles. The van der Waals surface area contributed by atoms with E-state index in [0.717, 1.165) is 35.3 Å². The van der Waals surface area contributed by atoms with Crippen molar-refractivity contribution in [1.82, 2.24) is 9.97 Å². The molecule has 0 saturated heterocycles. The number of aryl methyl sites for hydroxylation is 1. The minimum atomic E-state index is 0.165. The Hall–Kier alpha value is -1.94. The molecule has 1 atom stereocenters. The van der Waals surface area contributed by atoms with Crippen LogP contribution < -0.4 is 10.5 Å². The lowest BCUT2D eigenvalue weighted by Gasteiger charge is -2.10. The van der Waals surface area contributed by atoms with E-state index in [9.17, 15) is 0 Å². The summed E-state index contributed by atoms with van der Waals surface area (Å²) in [6, 6.07) is 6.17. The molecule has 0 bridgehead atoms. The second-order valence-corrected chi connectivity index (χ2v) is 4.99. The van der Waals surface area contributed by atoms with E-state index in [4.69, 9.17) is 10.5 Å². The molecule has 0 radical (unpaired) electrons. The number of nitrogens with two attached hydrogens (primary N) is 1. The first-order valence-corrected chi connectivity index (χ1v) is 6.85. The Kier molecular flexibility index (Phi) is 4.69. The number of methoxy groups -OCH3 is 1. The third kappa shape index (κ3) is 3.33. The standard InChI is InChI=1S/C16H21N3O/c1-4-13(17)8-12-9-18-16(19-10-12)14-6-5-11(2)7-15(14)20-3/h5-7,9-10,13H,4,8,17H2,1-3H3. The van der Waals surface area contributed by atoms with Crippen molar-refractivity contribution in [3.63, 3.8) is 0 Å². The molecule has 0 saturated carbocycles. The van der Waals surface area contributed by atoms with Crippen LogP contribution in [0.5, 0.6) is 5.75 Å². The van der Waals surface area contributed by atoms with Crippen molar-refractivity contribution in [1.29, 1.82) is 0 Å². The first kappa shape index (κ1) is 14.5. The Morgan fingerprint density at radius 2 is 1.95 bits per heavy atom. The minimum Gasteiger partial charge on any atom is -0.496 e. The summed E-state index contributed by atoms with van der Waals surface area (Å²) in [5.41, 5.74) is 9.06. The highest BCUT2D eigenvalue weighted by atomic mass is 16.5. The van der Waals surface area contributed by atoms with Crippen LogP contribution in [0.15, 0.2) is 30.6 Å². The zero-order chi connectivity index (χ0) is 14.5. The van der Waals surface area contributed by atoms with Gasteiger partial charge in [-0.15, -0.1) is 0 Å². The zero-order valence-corrected chi connectivity index (χ0v) is 12.3. The molecule has 0 aliphatic rings. The Balaban J connectivity index is 2.26. The zero-order valence-electron chi connectivity index (χ0n) is 12.3. The van der Waals surface area contributed by atoms with Gasteiger partial charge >= 0.3 is 0 Å². The van der Waals surface area contributed by atoms with Gasteiger partial charge in [-0.2, -0.15) is 0 Å². The third-order valence-electron chi connectivity index (χ3n) is 3.33. The van der Waals surface area contributed by atoms with E-state index in [1.807, 2.05) is 37.5 Å². The SMILES string of the molecule is CCC(N)Cc1cnc(-c2ccc(C)cc2OC)nc1. The molecule has 0 fully saturated rings. The molecule has 0 amide bonds. The fraction of sp³-hybridized carbons (Fsp3) is 0.375. The molecule has 2 N–H and O–H groups in total. The van der Waals surface area contributed by atoms with Crippen molar-refractivity contribution in [3.05, 3.63) is 41.7 Å². The smallest absolute Gasteiger partial charge is 0.162 e. The van der Waals surface area contributed by atoms with Gasteiger partial charge in [-0.05, 0) is 43.0 Å². The summed E-state index contributed by atoms with van der Waals surface area (Å²) in [6.45, 7) is 4.11. The number of benzene rings is 1.